The van der Waals surface area contributed by atoms with Crippen molar-refractivity contribution in [1.82, 2.24) is 24.1 Å². The van der Waals surface area contributed by atoms with Crippen molar-refractivity contribution < 1.29 is 4.79 Å². The first-order valence-corrected chi connectivity index (χ1v) is 10.2. The van der Waals surface area contributed by atoms with Gasteiger partial charge in [-0.15, -0.1) is 10.2 Å². The second-order valence-electron chi connectivity index (χ2n) is 7.46. The van der Waals surface area contributed by atoms with Crippen LogP contribution in [0.2, 0.25) is 0 Å². The highest BCUT2D eigenvalue weighted by Gasteiger charge is 2.32. The van der Waals surface area contributed by atoms with Crippen molar-refractivity contribution in [2.45, 2.75) is 37.9 Å². The molecule has 1 saturated carbocycles. The molecule has 1 aromatic carbocycles. The SMILES string of the molecule is CC(C)CN(C(=O)CSc1nnc2n(C)c(=O)c3ccccc3n12)C1CC1. The standard InChI is InChI=1S/C19H23N5O2S/c1-12(2)10-23(13-8-9-13)16(25)11-27-19-21-20-18-22(3)17(26)14-6-4-5-7-15(14)24(18)19/h4-7,12-13H,8-11H2,1-3H3. The highest BCUT2D eigenvalue weighted by Crippen LogP contribution is 2.29. The number of amides is 1. The average Bonchev–Trinajstić information content (AvgIpc) is 3.41. The van der Waals surface area contributed by atoms with E-state index < -0.39 is 0 Å². The number of hydrogen-bond acceptors (Lipinski definition) is 5. The molecule has 0 spiro atoms. The summed E-state index contributed by atoms with van der Waals surface area (Å²) in [5.74, 6) is 1.39. The fourth-order valence-electron chi connectivity index (χ4n) is 3.35. The second-order valence-corrected chi connectivity index (χ2v) is 8.40. The third kappa shape index (κ3) is 3.34. The molecular formula is C19H23N5O2S. The van der Waals surface area contributed by atoms with E-state index in [4.69, 9.17) is 0 Å². The summed E-state index contributed by atoms with van der Waals surface area (Å²) in [6.45, 7) is 5.06. The van der Waals surface area contributed by atoms with Crippen LogP contribution in [0.1, 0.15) is 26.7 Å². The van der Waals surface area contributed by atoms with Crippen molar-refractivity contribution in [2.75, 3.05) is 12.3 Å². The van der Waals surface area contributed by atoms with Crippen molar-refractivity contribution in [3.05, 3.63) is 34.6 Å². The number of thioether (sulfide) groups is 1. The third-order valence-electron chi connectivity index (χ3n) is 4.79. The molecule has 8 heteroatoms. The molecule has 2 aromatic heterocycles. The lowest BCUT2D eigenvalue weighted by Gasteiger charge is -2.24. The minimum Gasteiger partial charge on any atom is -0.339 e. The summed E-state index contributed by atoms with van der Waals surface area (Å²) >= 11 is 1.38. The number of benzene rings is 1. The van der Waals surface area contributed by atoms with E-state index in [9.17, 15) is 9.59 Å². The van der Waals surface area contributed by atoms with E-state index in [1.807, 2.05) is 27.5 Å². The van der Waals surface area contributed by atoms with Gasteiger partial charge in [-0.2, -0.15) is 0 Å². The lowest BCUT2D eigenvalue weighted by Crippen LogP contribution is -2.37. The Labute approximate surface area is 161 Å². The van der Waals surface area contributed by atoms with Gasteiger partial charge >= 0.3 is 0 Å². The van der Waals surface area contributed by atoms with Crippen molar-refractivity contribution in [1.29, 1.82) is 0 Å². The fraction of sp³-hybridized carbons (Fsp3) is 0.474. The van der Waals surface area contributed by atoms with Gasteiger partial charge in [0.05, 0.1) is 16.7 Å². The molecular weight excluding hydrogens is 362 g/mol. The number of carbonyl (C=O) groups is 1. The normalized spacial score (nSPS) is 14.4. The molecule has 0 saturated heterocycles. The predicted octanol–water partition coefficient (Wildman–Crippen LogP) is 2.32. The van der Waals surface area contributed by atoms with Gasteiger partial charge in [0, 0.05) is 19.6 Å². The molecule has 0 bridgehead atoms. The molecule has 1 fully saturated rings. The summed E-state index contributed by atoms with van der Waals surface area (Å²) in [4.78, 5) is 27.3. The average molecular weight is 385 g/mol. The van der Waals surface area contributed by atoms with Gasteiger partial charge in [0.15, 0.2) is 5.16 Å². The zero-order chi connectivity index (χ0) is 19.1. The highest BCUT2D eigenvalue weighted by atomic mass is 32.2. The van der Waals surface area contributed by atoms with Crippen LogP contribution in [-0.4, -0.2) is 48.3 Å². The summed E-state index contributed by atoms with van der Waals surface area (Å²) in [5, 5.41) is 9.66. The molecule has 2 heterocycles. The first-order valence-electron chi connectivity index (χ1n) is 9.22. The Morgan fingerprint density at radius 2 is 2.04 bits per heavy atom. The minimum atomic E-state index is -0.102. The number of carbonyl (C=O) groups excluding carboxylic acids is 1. The summed E-state index contributed by atoms with van der Waals surface area (Å²) in [7, 11) is 1.69. The number of aryl methyl sites for hydroxylation is 1. The molecule has 0 aliphatic heterocycles. The maximum atomic E-state index is 12.8. The molecule has 1 amide bonds. The summed E-state index contributed by atoms with van der Waals surface area (Å²) in [6.07, 6.45) is 2.20. The van der Waals surface area contributed by atoms with Gasteiger partial charge in [0.1, 0.15) is 0 Å². The van der Waals surface area contributed by atoms with Gasteiger partial charge in [0.2, 0.25) is 11.7 Å². The Morgan fingerprint density at radius 3 is 2.74 bits per heavy atom. The zero-order valence-corrected chi connectivity index (χ0v) is 16.6. The second kappa shape index (κ2) is 6.99. The number of aromatic nitrogens is 4. The van der Waals surface area contributed by atoms with E-state index in [1.165, 1.54) is 16.3 Å². The maximum Gasteiger partial charge on any atom is 0.262 e. The number of para-hydroxylation sites is 1. The highest BCUT2D eigenvalue weighted by molar-refractivity contribution is 7.99. The molecule has 1 aliphatic rings. The van der Waals surface area contributed by atoms with Crippen LogP contribution in [0.5, 0.6) is 0 Å². The summed E-state index contributed by atoms with van der Waals surface area (Å²) in [5.41, 5.74) is 0.659. The molecule has 0 N–H and O–H groups in total. The van der Waals surface area contributed by atoms with E-state index in [0.29, 0.717) is 34.0 Å². The van der Waals surface area contributed by atoms with Gasteiger partial charge in [0.25, 0.3) is 5.56 Å². The quantitative estimate of drug-likeness (QED) is 0.609. The Bertz CT molecular complexity index is 1070. The van der Waals surface area contributed by atoms with Crippen molar-refractivity contribution in [3.8, 4) is 0 Å². The molecule has 7 nitrogen and oxygen atoms in total. The first-order chi connectivity index (χ1) is 13.0. The molecule has 27 heavy (non-hydrogen) atoms. The molecule has 142 valence electrons. The largest absolute Gasteiger partial charge is 0.339 e. The van der Waals surface area contributed by atoms with Crippen LogP contribution in [0.3, 0.4) is 0 Å². The molecule has 0 atom stereocenters. The Morgan fingerprint density at radius 1 is 1.30 bits per heavy atom. The molecule has 0 radical (unpaired) electrons. The van der Waals surface area contributed by atoms with Gasteiger partial charge < -0.3 is 4.90 Å². The molecule has 4 rings (SSSR count). The topological polar surface area (TPSA) is 72.5 Å². The van der Waals surface area contributed by atoms with Crippen molar-refractivity contribution in [3.63, 3.8) is 0 Å². The first kappa shape index (κ1) is 18.0. The van der Waals surface area contributed by atoms with Gasteiger partial charge in [-0.1, -0.05) is 37.7 Å². The number of rotatable bonds is 6. The maximum absolute atomic E-state index is 12.8. The van der Waals surface area contributed by atoms with Gasteiger partial charge in [-0.25, -0.2) is 0 Å². The fourth-order valence-corrected chi connectivity index (χ4v) is 4.17. The van der Waals surface area contributed by atoms with Crippen LogP contribution >= 0.6 is 11.8 Å². The predicted molar refractivity (Wildman–Crippen MR) is 106 cm³/mol. The molecule has 0 unspecified atom stereocenters. The van der Waals surface area contributed by atoms with E-state index in [0.717, 1.165) is 24.9 Å². The Balaban J connectivity index is 1.65. The smallest absolute Gasteiger partial charge is 0.262 e. The van der Waals surface area contributed by atoms with Gasteiger partial charge in [-0.05, 0) is 30.9 Å². The number of fused-ring (bicyclic) bond motifs is 3. The van der Waals surface area contributed by atoms with E-state index >= 15 is 0 Å². The van der Waals surface area contributed by atoms with Crippen molar-refractivity contribution in [2.24, 2.45) is 13.0 Å². The van der Waals surface area contributed by atoms with Crippen LogP contribution < -0.4 is 5.56 Å². The van der Waals surface area contributed by atoms with Crippen LogP contribution in [0.15, 0.2) is 34.2 Å². The third-order valence-corrected chi connectivity index (χ3v) is 5.70. The summed E-state index contributed by atoms with van der Waals surface area (Å²) < 4.78 is 3.36. The molecule has 1 aliphatic carbocycles. The van der Waals surface area contributed by atoms with E-state index in [1.54, 1.807) is 13.1 Å². The lowest BCUT2D eigenvalue weighted by molar-refractivity contribution is -0.129. The number of hydrogen-bond donors (Lipinski definition) is 0. The van der Waals surface area contributed by atoms with Crippen LogP contribution in [-0.2, 0) is 11.8 Å². The van der Waals surface area contributed by atoms with Crippen molar-refractivity contribution >= 4 is 34.3 Å². The monoisotopic (exact) mass is 385 g/mol. The van der Waals surface area contributed by atoms with E-state index in [-0.39, 0.29) is 11.5 Å². The van der Waals surface area contributed by atoms with Crippen LogP contribution in [0.4, 0.5) is 0 Å². The summed E-state index contributed by atoms with van der Waals surface area (Å²) in [6, 6.07) is 7.81. The van der Waals surface area contributed by atoms with Crippen LogP contribution in [0.25, 0.3) is 16.7 Å². The Kier molecular flexibility index (Phi) is 4.67. The lowest BCUT2D eigenvalue weighted by atomic mass is 10.2. The zero-order valence-electron chi connectivity index (χ0n) is 15.8. The molecule has 3 aromatic rings. The number of nitrogens with zero attached hydrogens (tertiary/aromatic N) is 5. The minimum absolute atomic E-state index is 0.102. The van der Waals surface area contributed by atoms with E-state index in [2.05, 4.69) is 24.0 Å². The van der Waals surface area contributed by atoms with Crippen LogP contribution in [0, 0.1) is 5.92 Å². The Hall–Kier alpha value is -2.35. The van der Waals surface area contributed by atoms with Gasteiger partial charge in [-0.3, -0.25) is 18.6 Å².